The topological polar surface area (TPSA) is 79.5 Å². The predicted molar refractivity (Wildman–Crippen MR) is 132 cm³/mol. The molecule has 10 heteroatoms. The molecule has 0 spiro atoms. The van der Waals surface area contributed by atoms with Crippen molar-refractivity contribution in [1.29, 1.82) is 0 Å². The summed E-state index contributed by atoms with van der Waals surface area (Å²) >= 11 is 6.38. The number of halogens is 4. The fourth-order valence-electron chi connectivity index (χ4n) is 3.63. The van der Waals surface area contributed by atoms with Gasteiger partial charge >= 0.3 is 12.1 Å². The number of hydrogen-bond acceptors (Lipinski definition) is 5. The Hall–Kier alpha value is -3.69. The molecule has 0 bridgehead atoms. The lowest BCUT2D eigenvalue weighted by atomic mass is 9.94. The Morgan fingerprint density at radius 2 is 1.92 bits per heavy atom. The standard InChI is InChI=1S/C26H23ClF3N3O3/c1-5-15(3)18(6-2)19-10-8-17(12-21(19)26(28,29)30)25-31-24(32-36-25)20-9-7-16(11-22(20)27)13-33(4)14-23(34)35/h5-12H,1-2,13-14H2,3-4H3,(H,34,35)/b18-15+. The number of rotatable bonds is 9. The van der Waals surface area contributed by atoms with Gasteiger partial charge in [-0.05, 0) is 60.5 Å². The molecule has 1 heterocycles. The molecule has 0 saturated heterocycles. The number of benzene rings is 2. The Balaban J connectivity index is 1.96. The Morgan fingerprint density at radius 3 is 2.50 bits per heavy atom. The molecule has 36 heavy (non-hydrogen) atoms. The summed E-state index contributed by atoms with van der Waals surface area (Å²) in [6.07, 6.45) is -1.82. The minimum Gasteiger partial charge on any atom is -0.480 e. The minimum absolute atomic E-state index is 0.0371. The van der Waals surface area contributed by atoms with Gasteiger partial charge in [-0.15, -0.1) is 0 Å². The van der Waals surface area contributed by atoms with Gasteiger partial charge in [0.25, 0.3) is 5.89 Å². The van der Waals surface area contributed by atoms with E-state index in [-0.39, 0.29) is 34.4 Å². The molecule has 0 aliphatic carbocycles. The minimum atomic E-state index is -4.64. The van der Waals surface area contributed by atoms with E-state index < -0.39 is 17.7 Å². The third kappa shape index (κ3) is 6.10. The number of allylic oxidation sites excluding steroid dienone is 4. The molecule has 0 radical (unpaired) electrons. The van der Waals surface area contributed by atoms with Gasteiger partial charge < -0.3 is 9.63 Å². The van der Waals surface area contributed by atoms with E-state index in [4.69, 9.17) is 21.2 Å². The maximum Gasteiger partial charge on any atom is 0.417 e. The van der Waals surface area contributed by atoms with Gasteiger partial charge in [-0.1, -0.05) is 54.2 Å². The second-order valence-corrected chi connectivity index (χ2v) is 8.47. The Bertz CT molecular complexity index is 1350. The summed E-state index contributed by atoms with van der Waals surface area (Å²) in [5.74, 6) is -0.950. The van der Waals surface area contributed by atoms with Crippen LogP contribution >= 0.6 is 11.6 Å². The molecule has 1 N–H and O–H groups in total. The first kappa shape index (κ1) is 26.9. The third-order valence-corrected chi connectivity index (χ3v) is 5.67. The number of alkyl halides is 3. The number of aromatic nitrogens is 2. The van der Waals surface area contributed by atoms with Gasteiger partial charge in [0.05, 0.1) is 17.1 Å². The van der Waals surface area contributed by atoms with Crippen LogP contribution in [0.2, 0.25) is 5.02 Å². The van der Waals surface area contributed by atoms with E-state index in [1.54, 1.807) is 37.1 Å². The zero-order valence-corrected chi connectivity index (χ0v) is 20.3. The summed E-state index contributed by atoms with van der Waals surface area (Å²) < 4.78 is 47.0. The van der Waals surface area contributed by atoms with Crippen LogP contribution in [0.4, 0.5) is 13.2 Å². The summed E-state index contributed by atoms with van der Waals surface area (Å²) in [4.78, 5) is 16.7. The van der Waals surface area contributed by atoms with E-state index in [9.17, 15) is 18.0 Å². The molecule has 0 unspecified atom stereocenters. The molecular weight excluding hydrogens is 495 g/mol. The molecule has 1 aromatic heterocycles. The van der Waals surface area contributed by atoms with Gasteiger partial charge in [0, 0.05) is 17.7 Å². The molecule has 0 saturated carbocycles. The average molecular weight is 518 g/mol. The number of nitrogens with zero attached hydrogens (tertiary/aromatic N) is 3. The molecule has 0 fully saturated rings. The molecule has 0 amide bonds. The van der Waals surface area contributed by atoms with Crippen molar-refractivity contribution in [2.24, 2.45) is 0 Å². The van der Waals surface area contributed by atoms with E-state index in [0.29, 0.717) is 23.3 Å². The van der Waals surface area contributed by atoms with Crippen molar-refractivity contribution in [3.8, 4) is 22.8 Å². The summed E-state index contributed by atoms with van der Waals surface area (Å²) in [5.41, 5.74) is 1.23. The van der Waals surface area contributed by atoms with Crippen LogP contribution in [-0.4, -0.2) is 39.7 Å². The Kier molecular flexibility index (Phi) is 8.17. The highest BCUT2D eigenvalue weighted by atomic mass is 35.5. The summed E-state index contributed by atoms with van der Waals surface area (Å²) in [7, 11) is 1.66. The SMILES string of the molecule is C=C/C(C)=C(\C=C)c1ccc(-c2nc(-c3ccc(CN(C)CC(=O)O)cc3Cl)no2)cc1C(F)(F)F. The lowest BCUT2D eigenvalue weighted by Crippen LogP contribution is -2.25. The monoisotopic (exact) mass is 517 g/mol. The van der Waals surface area contributed by atoms with Crippen LogP contribution in [0, 0.1) is 0 Å². The number of carbonyl (C=O) groups is 1. The van der Waals surface area contributed by atoms with Gasteiger partial charge in [0.1, 0.15) is 0 Å². The van der Waals surface area contributed by atoms with Crippen LogP contribution < -0.4 is 0 Å². The van der Waals surface area contributed by atoms with E-state index in [1.165, 1.54) is 24.3 Å². The molecule has 2 aromatic carbocycles. The Labute approximate surface area is 211 Å². The van der Waals surface area contributed by atoms with Crippen molar-refractivity contribution < 1.29 is 27.6 Å². The van der Waals surface area contributed by atoms with Crippen molar-refractivity contribution >= 4 is 23.1 Å². The number of likely N-dealkylation sites (N-methyl/N-ethyl adjacent to an activating group) is 1. The highest BCUT2D eigenvalue weighted by Gasteiger charge is 2.35. The van der Waals surface area contributed by atoms with Gasteiger partial charge in [-0.2, -0.15) is 18.2 Å². The fourth-order valence-corrected chi connectivity index (χ4v) is 3.91. The van der Waals surface area contributed by atoms with E-state index in [1.807, 2.05) is 0 Å². The quantitative estimate of drug-likeness (QED) is 0.317. The highest BCUT2D eigenvalue weighted by Crippen LogP contribution is 2.39. The van der Waals surface area contributed by atoms with Crippen LogP contribution in [0.25, 0.3) is 28.4 Å². The predicted octanol–water partition coefficient (Wildman–Crippen LogP) is 6.74. The zero-order valence-electron chi connectivity index (χ0n) is 19.6. The fraction of sp³-hybridized carbons (Fsp3) is 0.192. The van der Waals surface area contributed by atoms with Crippen molar-refractivity contribution in [2.75, 3.05) is 13.6 Å². The van der Waals surface area contributed by atoms with Crippen LogP contribution in [0.5, 0.6) is 0 Å². The van der Waals surface area contributed by atoms with Crippen LogP contribution in [0.1, 0.15) is 23.6 Å². The lowest BCUT2D eigenvalue weighted by Gasteiger charge is -2.15. The van der Waals surface area contributed by atoms with Gasteiger partial charge in [-0.3, -0.25) is 9.69 Å². The van der Waals surface area contributed by atoms with E-state index >= 15 is 0 Å². The first-order chi connectivity index (χ1) is 16.9. The van der Waals surface area contributed by atoms with Crippen molar-refractivity contribution in [2.45, 2.75) is 19.6 Å². The Morgan fingerprint density at radius 1 is 1.19 bits per heavy atom. The number of hydrogen-bond donors (Lipinski definition) is 1. The second-order valence-electron chi connectivity index (χ2n) is 8.07. The highest BCUT2D eigenvalue weighted by molar-refractivity contribution is 6.33. The molecule has 0 aliphatic rings. The largest absolute Gasteiger partial charge is 0.480 e. The average Bonchev–Trinajstić information content (AvgIpc) is 3.28. The number of aliphatic carboxylic acids is 1. The van der Waals surface area contributed by atoms with Gasteiger partial charge in [0.15, 0.2) is 0 Å². The zero-order chi connectivity index (χ0) is 26.6. The van der Waals surface area contributed by atoms with Crippen LogP contribution in [0.15, 0.2) is 71.8 Å². The van der Waals surface area contributed by atoms with Crippen molar-refractivity contribution in [1.82, 2.24) is 15.0 Å². The first-order valence-corrected chi connectivity index (χ1v) is 11.0. The van der Waals surface area contributed by atoms with Crippen molar-refractivity contribution in [3.05, 3.63) is 89.0 Å². The van der Waals surface area contributed by atoms with E-state index in [2.05, 4.69) is 23.3 Å². The molecule has 188 valence electrons. The summed E-state index contributed by atoms with van der Waals surface area (Å²) in [6.45, 7) is 9.13. The number of carboxylic acid groups (broad SMARTS) is 1. The maximum absolute atomic E-state index is 13.9. The molecule has 3 aromatic rings. The first-order valence-electron chi connectivity index (χ1n) is 10.6. The smallest absolute Gasteiger partial charge is 0.417 e. The van der Waals surface area contributed by atoms with Gasteiger partial charge in [-0.25, -0.2) is 0 Å². The third-order valence-electron chi connectivity index (χ3n) is 5.36. The molecule has 3 rings (SSSR count). The summed E-state index contributed by atoms with van der Waals surface area (Å²) in [5, 5.41) is 13.1. The summed E-state index contributed by atoms with van der Waals surface area (Å²) in [6, 6.07) is 8.77. The molecule has 0 atom stereocenters. The maximum atomic E-state index is 13.9. The van der Waals surface area contributed by atoms with Crippen LogP contribution in [-0.2, 0) is 17.5 Å². The molecule has 6 nitrogen and oxygen atoms in total. The second kappa shape index (κ2) is 10.9. The molecule has 0 aliphatic heterocycles. The van der Waals surface area contributed by atoms with E-state index in [0.717, 1.165) is 11.6 Å². The molecular formula is C26H23ClF3N3O3. The van der Waals surface area contributed by atoms with Crippen LogP contribution in [0.3, 0.4) is 0 Å². The number of carboxylic acids is 1. The van der Waals surface area contributed by atoms with Crippen molar-refractivity contribution in [3.63, 3.8) is 0 Å². The normalized spacial score (nSPS) is 12.4. The van der Waals surface area contributed by atoms with Gasteiger partial charge in [0.2, 0.25) is 5.82 Å². The lowest BCUT2D eigenvalue weighted by molar-refractivity contribution is -0.138.